The molecule has 5 nitrogen and oxygen atoms in total. The van der Waals surface area contributed by atoms with Crippen molar-refractivity contribution >= 4 is 6.09 Å². The Kier molecular flexibility index (Phi) is 5.88. The van der Waals surface area contributed by atoms with Gasteiger partial charge in [-0.25, -0.2) is 4.79 Å². The highest BCUT2D eigenvalue weighted by Gasteiger charge is 2.31. The summed E-state index contributed by atoms with van der Waals surface area (Å²) in [4.78, 5) is 14.1. The van der Waals surface area contributed by atoms with Gasteiger partial charge < -0.3 is 19.1 Å². The molecule has 1 aromatic carbocycles. The predicted octanol–water partition coefficient (Wildman–Crippen LogP) is 3.33. The monoisotopic (exact) mass is 319 g/mol. The van der Waals surface area contributed by atoms with E-state index in [1.54, 1.807) is 4.90 Å². The Hall–Kier alpha value is -1.59. The third-order valence-electron chi connectivity index (χ3n) is 4.43. The first-order chi connectivity index (χ1) is 11.3. The second kappa shape index (κ2) is 8.31. The van der Waals surface area contributed by atoms with E-state index < -0.39 is 0 Å². The Morgan fingerprint density at radius 1 is 1.17 bits per heavy atom. The summed E-state index contributed by atoms with van der Waals surface area (Å²) in [5.74, 6) is 0. The van der Waals surface area contributed by atoms with Crippen molar-refractivity contribution < 1.29 is 19.0 Å². The summed E-state index contributed by atoms with van der Waals surface area (Å²) in [7, 11) is 0. The molecular formula is C18H25NO4. The fraction of sp³-hybridized carbons (Fsp3) is 0.611. The minimum atomic E-state index is -0.246. The van der Waals surface area contributed by atoms with Gasteiger partial charge in [0.15, 0.2) is 6.29 Å². The summed E-state index contributed by atoms with van der Waals surface area (Å²) in [6.07, 6.45) is 4.83. The number of hydrogen-bond donors (Lipinski definition) is 0. The van der Waals surface area contributed by atoms with Crippen LogP contribution in [0.4, 0.5) is 4.79 Å². The number of likely N-dealkylation sites (tertiary alicyclic amines) is 1. The van der Waals surface area contributed by atoms with Gasteiger partial charge in [-0.05, 0) is 37.7 Å². The molecule has 1 amide bonds. The van der Waals surface area contributed by atoms with Crippen LogP contribution in [0.5, 0.6) is 0 Å². The van der Waals surface area contributed by atoms with Crippen molar-refractivity contribution in [3.05, 3.63) is 35.9 Å². The van der Waals surface area contributed by atoms with Crippen LogP contribution >= 0.6 is 0 Å². The Balaban J connectivity index is 1.44. The number of ether oxygens (including phenoxy) is 3. The molecule has 2 unspecified atom stereocenters. The van der Waals surface area contributed by atoms with Gasteiger partial charge in [-0.1, -0.05) is 30.3 Å². The maximum atomic E-state index is 12.3. The van der Waals surface area contributed by atoms with E-state index in [-0.39, 0.29) is 18.4 Å². The minimum absolute atomic E-state index is 0.101. The molecule has 2 aliphatic heterocycles. The highest BCUT2D eigenvalue weighted by molar-refractivity contribution is 5.68. The van der Waals surface area contributed by atoms with Gasteiger partial charge in [0.1, 0.15) is 6.61 Å². The molecule has 23 heavy (non-hydrogen) atoms. The average Bonchev–Trinajstić information content (AvgIpc) is 3.08. The molecule has 126 valence electrons. The molecular weight excluding hydrogens is 294 g/mol. The van der Waals surface area contributed by atoms with E-state index in [0.717, 1.165) is 50.8 Å². The minimum Gasteiger partial charge on any atom is -0.445 e. The van der Waals surface area contributed by atoms with Crippen molar-refractivity contribution in [1.82, 2.24) is 4.90 Å². The molecule has 0 saturated carbocycles. The summed E-state index contributed by atoms with van der Waals surface area (Å²) in [5, 5.41) is 0. The SMILES string of the molecule is O=C(OCc1ccccc1)N1CCCC1COC1CCCCO1. The Morgan fingerprint density at radius 3 is 2.83 bits per heavy atom. The quantitative estimate of drug-likeness (QED) is 0.835. The number of nitrogens with zero attached hydrogens (tertiary/aromatic N) is 1. The summed E-state index contributed by atoms with van der Waals surface area (Å²) >= 11 is 0. The lowest BCUT2D eigenvalue weighted by atomic mass is 10.2. The zero-order valence-corrected chi connectivity index (χ0v) is 13.5. The van der Waals surface area contributed by atoms with Crippen molar-refractivity contribution in [1.29, 1.82) is 0 Å². The zero-order valence-electron chi connectivity index (χ0n) is 13.5. The molecule has 0 aromatic heterocycles. The van der Waals surface area contributed by atoms with E-state index in [4.69, 9.17) is 14.2 Å². The van der Waals surface area contributed by atoms with Crippen LogP contribution in [0.3, 0.4) is 0 Å². The molecule has 0 bridgehead atoms. The lowest BCUT2D eigenvalue weighted by molar-refractivity contribution is -0.168. The second-order valence-corrected chi connectivity index (χ2v) is 6.16. The fourth-order valence-electron chi connectivity index (χ4n) is 3.11. The Labute approximate surface area is 137 Å². The van der Waals surface area contributed by atoms with Gasteiger partial charge in [0, 0.05) is 13.2 Å². The van der Waals surface area contributed by atoms with Crippen molar-refractivity contribution in [2.45, 2.75) is 51.0 Å². The van der Waals surface area contributed by atoms with E-state index in [0.29, 0.717) is 13.2 Å². The maximum absolute atomic E-state index is 12.3. The molecule has 2 fully saturated rings. The first kappa shape index (κ1) is 16.3. The molecule has 2 saturated heterocycles. The van der Waals surface area contributed by atoms with Crippen LogP contribution in [0.25, 0.3) is 0 Å². The van der Waals surface area contributed by atoms with Crippen LogP contribution < -0.4 is 0 Å². The number of hydrogen-bond acceptors (Lipinski definition) is 4. The Bertz CT molecular complexity index is 487. The molecule has 2 atom stereocenters. The average molecular weight is 319 g/mol. The van der Waals surface area contributed by atoms with E-state index >= 15 is 0 Å². The van der Waals surface area contributed by atoms with E-state index in [1.165, 1.54) is 0 Å². The summed E-state index contributed by atoms with van der Waals surface area (Å²) in [5.41, 5.74) is 1.00. The topological polar surface area (TPSA) is 48.0 Å². The summed E-state index contributed by atoms with van der Waals surface area (Å²) in [6, 6.07) is 9.85. The van der Waals surface area contributed by atoms with Gasteiger partial charge in [0.25, 0.3) is 0 Å². The van der Waals surface area contributed by atoms with Crippen LogP contribution in [0.15, 0.2) is 30.3 Å². The maximum Gasteiger partial charge on any atom is 0.410 e. The largest absolute Gasteiger partial charge is 0.445 e. The van der Waals surface area contributed by atoms with Crippen LogP contribution in [0.1, 0.15) is 37.7 Å². The number of carbonyl (C=O) groups is 1. The molecule has 0 N–H and O–H groups in total. The van der Waals surface area contributed by atoms with Gasteiger partial charge in [0.05, 0.1) is 12.6 Å². The Morgan fingerprint density at radius 2 is 2.04 bits per heavy atom. The van der Waals surface area contributed by atoms with Crippen molar-refractivity contribution in [3.8, 4) is 0 Å². The van der Waals surface area contributed by atoms with E-state index in [9.17, 15) is 4.79 Å². The second-order valence-electron chi connectivity index (χ2n) is 6.16. The molecule has 0 radical (unpaired) electrons. The standard InChI is InChI=1S/C18H25NO4/c20-18(23-13-15-7-2-1-3-8-15)19-11-6-9-16(19)14-22-17-10-4-5-12-21-17/h1-3,7-8,16-17H,4-6,9-14H2. The zero-order chi connectivity index (χ0) is 15.9. The lowest BCUT2D eigenvalue weighted by Gasteiger charge is -2.28. The number of rotatable bonds is 5. The smallest absolute Gasteiger partial charge is 0.410 e. The molecule has 5 heteroatoms. The van der Waals surface area contributed by atoms with Crippen LogP contribution in [-0.4, -0.2) is 43.1 Å². The normalized spacial score (nSPS) is 24.6. The van der Waals surface area contributed by atoms with Crippen molar-refractivity contribution in [3.63, 3.8) is 0 Å². The molecule has 3 rings (SSSR count). The molecule has 0 spiro atoms. The first-order valence-corrected chi connectivity index (χ1v) is 8.53. The number of carbonyl (C=O) groups excluding carboxylic acids is 1. The van der Waals surface area contributed by atoms with Gasteiger partial charge >= 0.3 is 6.09 Å². The molecule has 0 aliphatic carbocycles. The lowest BCUT2D eigenvalue weighted by Crippen LogP contribution is -2.40. The molecule has 2 aliphatic rings. The van der Waals surface area contributed by atoms with Gasteiger partial charge in [-0.3, -0.25) is 0 Å². The highest BCUT2D eigenvalue weighted by Crippen LogP contribution is 2.21. The fourth-order valence-corrected chi connectivity index (χ4v) is 3.11. The van der Waals surface area contributed by atoms with Crippen molar-refractivity contribution in [2.24, 2.45) is 0 Å². The van der Waals surface area contributed by atoms with E-state index in [1.807, 2.05) is 30.3 Å². The number of benzene rings is 1. The van der Waals surface area contributed by atoms with Gasteiger partial charge in [0.2, 0.25) is 0 Å². The third kappa shape index (κ3) is 4.69. The van der Waals surface area contributed by atoms with Crippen LogP contribution in [0, 0.1) is 0 Å². The van der Waals surface area contributed by atoms with Crippen LogP contribution in [-0.2, 0) is 20.8 Å². The first-order valence-electron chi connectivity index (χ1n) is 8.53. The predicted molar refractivity (Wildman–Crippen MR) is 85.9 cm³/mol. The highest BCUT2D eigenvalue weighted by atomic mass is 16.7. The van der Waals surface area contributed by atoms with E-state index in [2.05, 4.69) is 0 Å². The van der Waals surface area contributed by atoms with Crippen molar-refractivity contribution in [2.75, 3.05) is 19.8 Å². The third-order valence-corrected chi connectivity index (χ3v) is 4.43. The summed E-state index contributed by atoms with van der Waals surface area (Å²) < 4.78 is 16.9. The molecule has 2 heterocycles. The van der Waals surface area contributed by atoms with Gasteiger partial charge in [-0.2, -0.15) is 0 Å². The summed E-state index contributed by atoms with van der Waals surface area (Å²) in [6.45, 7) is 2.37. The molecule has 1 aromatic rings. The van der Waals surface area contributed by atoms with Gasteiger partial charge in [-0.15, -0.1) is 0 Å². The van der Waals surface area contributed by atoms with Crippen LogP contribution in [0.2, 0.25) is 0 Å². The number of amides is 1.